The van der Waals surface area contributed by atoms with E-state index in [9.17, 15) is 14.0 Å². The van der Waals surface area contributed by atoms with Gasteiger partial charge in [-0.3, -0.25) is 9.59 Å². The van der Waals surface area contributed by atoms with Gasteiger partial charge in [0.15, 0.2) is 0 Å². The molecule has 1 N–H and O–H groups in total. The van der Waals surface area contributed by atoms with Gasteiger partial charge in [0.2, 0.25) is 0 Å². The molecular formula is C18H17BrFNO3. The first kappa shape index (κ1) is 18.1. The lowest BCUT2D eigenvalue weighted by molar-refractivity contribution is -0.143. The van der Waals surface area contributed by atoms with Crippen molar-refractivity contribution >= 4 is 27.8 Å². The van der Waals surface area contributed by atoms with E-state index in [0.29, 0.717) is 0 Å². The highest BCUT2D eigenvalue weighted by molar-refractivity contribution is 9.10. The zero-order valence-electron chi connectivity index (χ0n) is 13.1. The number of hydrogen-bond donors (Lipinski definition) is 1. The van der Waals surface area contributed by atoms with Crippen LogP contribution in [0.15, 0.2) is 53.0 Å². The quantitative estimate of drug-likeness (QED) is 0.754. The van der Waals surface area contributed by atoms with Gasteiger partial charge in [-0.2, -0.15) is 0 Å². The highest BCUT2D eigenvalue weighted by atomic mass is 79.9. The largest absolute Gasteiger partial charge is 0.466 e. The molecule has 24 heavy (non-hydrogen) atoms. The Morgan fingerprint density at radius 3 is 2.54 bits per heavy atom. The van der Waals surface area contributed by atoms with Gasteiger partial charge in [0, 0.05) is 5.56 Å². The number of amides is 1. The minimum absolute atomic E-state index is 0.00258. The van der Waals surface area contributed by atoms with E-state index >= 15 is 0 Å². The van der Waals surface area contributed by atoms with Crippen LogP contribution in [0.2, 0.25) is 0 Å². The van der Waals surface area contributed by atoms with Crippen molar-refractivity contribution in [3.63, 3.8) is 0 Å². The molecule has 0 aliphatic heterocycles. The topological polar surface area (TPSA) is 55.4 Å². The highest BCUT2D eigenvalue weighted by Gasteiger charge is 2.20. The number of rotatable bonds is 6. The van der Waals surface area contributed by atoms with Gasteiger partial charge in [0.05, 0.1) is 23.5 Å². The van der Waals surface area contributed by atoms with Gasteiger partial charge in [0.25, 0.3) is 5.91 Å². The summed E-state index contributed by atoms with van der Waals surface area (Å²) in [6.07, 6.45) is 0.00258. The molecule has 0 bridgehead atoms. The van der Waals surface area contributed by atoms with Crippen molar-refractivity contribution < 1.29 is 18.7 Å². The molecule has 1 amide bonds. The molecule has 0 saturated heterocycles. The SMILES string of the molecule is CCOC(=O)CC(NC(=O)c1ccc(Br)c(F)c1)c1ccccc1. The third kappa shape index (κ3) is 4.89. The first-order valence-electron chi connectivity index (χ1n) is 7.47. The Kier molecular flexibility index (Phi) is 6.49. The number of carbonyl (C=O) groups excluding carboxylic acids is 2. The molecule has 0 aromatic heterocycles. The first-order valence-corrected chi connectivity index (χ1v) is 8.27. The normalized spacial score (nSPS) is 11.6. The third-order valence-electron chi connectivity index (χ3n) is 3.37. The van der Waals surface area contributed by atoms with Crippen LogP contribution in [-0.4, -0.2) is 18.5 Å². The summed E-state index contributed by atoms with van der Waals surface area (Å²) in [6.45, 7) is 1.99. The maximum atomic E-state index is 13.6. The average Bonchev–Trinajstić information content (AvgIpc) is 2.57. The molecule has 0 fully saturated rings. The van der Waals surface area contributed by atoms with Gasteiger partial charge in [-0.05, 0) is 46.6 Å². The van der Waals surface area contributed by atoms with Crippen LogP contribution in [-0.2, 0) is 9.53 Å². The van der Waals surface area contributed by atoms with Crippen molar-refractivity contribution in [2.24, 2.45) is 0 Å². The molecule has 0 spiro atoms. The zero-order valence-corrected chi connectivity index (χ0v) is 14.7. The Morgan fingerprint density at radius 1 is 1.21 bits per heavy atom. The monoisotopic (exact) mass is 393 g/mol. The Labute approximate surface area is 148 Å². The number of ether oxygens (including phenoxy) is 1. The maximum Gasteiger partial charge on any atom is 0.308 e. The smallest absolute Gasteiger partial charge is 0.308 e. The second-order valence-electron chi connectivity index (χ2n) is 5.07. The highest BCUT2D eigenvalue weighted by Crippen LogP contribution is 2.20. The molecule has 4 nitrogen and oxygen atoms in total. The molecule has 0 heterocycles. The van der Waals surface area contributed by atoms with Crippen LogP contribution >= 0.6 is 15.9 Å². The minimum atomic E-state index is -0.551. The Morgan fingerprint density at radius 2 is 1.92 bits per heavy atom. The predicted octanol–water partition coefficient (Wildman–Crippen LogP) is 4.01. The van der Waals surface area contributed by atoms with E-state index in [1.807, 2.05) is 30.3 Å². The van der Waals surface area contributed by atoms with Crippen LogP contribution in [0.3, 0.4) is 0 Å². The second kappa shape index (κ2) is 8.59. The number of carbonyl (C=O) groups is 2. The molecule has 1 atom stereocenters. The van der Waals surface area contributed by atoms with Crippen LogP contribution in [0.5, 0.6) is 0 Å². The molecular weight excluding hydrogens is 377 g/mol. The average molecular weight is 394 g/mol. The van der Waals surface area contributed by atoms with Gasteiger partial charge in [-0.25, -0.2) is 4.39 Å². The van der Waals surface area contributed by atoms with E-state index < -0.39 is 23.7 Å². The van der Waals surface area contributed by atoms with Crippen molar-refractivity contribution in [1.82, 2.24) is 5.32 Å². The molecule has 0 aliphatic carbocycles. The summed E-state index contributed by atoms with van der Waals surface area (Å²) in [5.41, 5.74) is 0.956. The van der Waals surface area contributed by atoms with Gasteiger partial charge in [0.1, 0.15) is 5.82 Å². The van der Waals surface area contributed by atoms with Crippen molar-refractivity contribution in [1.29, 1.82) is 0 Å². The molecule has 6 heteroatoms. The maximum absolute atomic E-state index is 13.6. The molecule has 0 aliphatic rings. The number of nitrogens with one attached hydrogen (secondary N) is 1. The molecule has 1 unspecified atom stereocenters. The number of hydrogen-bond acceptors (Lipinski definition) is 3. The minimum Gasteiger partial charge on any atom is -0.466 e. The van der Waals surface area contributed by atoms with Crippen molar-refractivity contribution in [3.8, 4) is 0 Å². The van der Waals surface area contributed by atoms with Crippen LogP contribution in [0.4, 0.5) is 4.39 Å². The predicted molar refractivity (Wildman–Crippen MR) is 92.0 cm³/mol. The fourth-order valence-corrected chi connectivity index (χ4v) is 2.45. The Bertz CT molecular complexity index is 721. The summed E-state index contributed by atoms with van der Waals surface area (Å²) < 4.78 is 18.9. The van der Waals surface area contributed by atoms with Crippen LogP contribution in [0.1, 0.15) is 35.3 Å². The lowest BCUT2D eigenvalue weighted by Crippen LogP contribution is -2.30. The third-order valence-corrected chi connectivity index (χ3v) is 4.01. The van der Waals surface area contributed by atoms with Gasteiger partial charge >= 0.3 is 5.97 Å². The van der Waals surface area contributed by atoms with Gasteiger partial charge in [-0.1, -0.05) is 30.3 Å². The van der Waals surface area contributed by atoms with Crippen molar-refractivity contribution in [2.75, 3.05) is 6.61 Å². The molecule has 2 rings (SSSR count). The summed E-state index contributed by atoms with van der Waals surface area (Å²) in [4.78, 5) is 24.2. The number of benzene rings is 2. The molecule has 2 aromatic carbocycles. The lowest BCUT2D eigenvalue weighted by Gasteiger charge is -2.18. The van der Waals surface area contributed by atoms with Gasteiger partial charge < -0.3 is 10.1 Å². The molecule has 0 saturated carbocycles. The molecule has 126 valence electrons. The van der Waals surface area contributed by atoms with Crippen molar-refractivity contribution in [3.05, 3.63) is 69.9 Å². The van der Waals surface area contributed by atoms with E-state index in [0.717, 1.165) is 11.6 Å². The summed E-state index contributed by atoms with van der Waals surface area (Å²) in [7, 11) is 0. The van der Waals surface area contributed by atoms with Crippen LogP contribution < -0.4 is 5.32 Å². The zero-order chi connectivity index (χ0) is 17.5. The standard InChI is InChI=1S/C18H17BrFNO3/c1-2-24-17(22)11-16(12-6-4-3-5-7-12)21-18(23)13-8-9-14(19)15(20)10-13/h3-10,16H,2,11H2,1H3,(H,21,23). The summed E-state index contributed by atoms with van der Waals surface area (Å²) in [5.74, 6) is -1.39. The van der Waals surface area contributed by atoms with E-state index in [4.69, 9.17) is 4.74 Å². The Balaban J connectivity index is 2.19. The van der Waals surface area contributed by atoms with E-state index in [2.05, 4.69) is 21.2 Å². The fraction of sp³-hybridized carbons (Fsp3) is 0.222. The van der Waals surface area contributed by atoms with E-state index in [1.54, 1.807) is 6.92 Å². The van der Waals surface area contributed by atoms with Crippen LogP contribution in [0.25, 0.3) is 0 Å². The Hall–Kier alpha value is -2.21. The van der Waals surface area contributed by atoms with E-state index in [1.165, 1.54) is 12.1 Å². The summed E-state index contributed by atoms with van der Waals surface area (Å²) in [6, 6.07) is 12.7. The van der Waals surface area contributed by atoms with Crippen molar-refractivity contribution in [2.45, 2.75) is 19.4 Å². The number of esters is 1. The molecule has 2 aromatic rings. The van der Waals surface area contributed by atoms with E-state index in [-0.39, 0.29) is 23.1 Å². The lowest BCUT2D eigenvalue weighted by atomic mass is 10.0. The fourth-order valence-electron chi connectivity index (χ4n) is 2.20. The molecule has 0 radical (unpaired) electrons. The van der Waals surface area contributed by atoms with Crippen LogP contribution in [0, 0.1) is 5.82 Å². The number of halogens is 2. The summed E-state index contributed by atoms with van der Waals surface area (Å²) >= 11 is 3.05. The van der Waals surface area contributed by atoms with Gasteiger partial charge in [-0.15, -0.1) is 0 Å². The summed E-state index contributed by atoms with van der Waals surface area (Å²) in [5, 5.41) is 2.76. The first-order chi connectivity index (χ1) is 11.5. The second-order valence-corrected chi connectivity index (χ2v) is 5.93.